The zero-order valence-corrected chi connectivity index (χ0v) is 8.51. The number of nitrogens with one attached hydrogen (secondary N) is 2. The van der Waals surface area contributed by atoms with E-state index in [2.05, 4.69) is 46.0 Å². The van der Waals surface area contributed by atoms with Crippen LogP contribution in [0, 0.1) is 11.1 Å². The van der Waals surface area contributed by atoms with Crippen LogP contribution >= 0.6 is 0 Å². The van der Waals surface area contributed by atoms with Crippen LogP contribution in [0.3, 0.4) is 0 Å². The van der Waals surface area contributed by atoms with Crippen molar-refractivity contribution in [2.75, 3.05) is 0 Å². The van der Waals surface area contributed by atoms with Crippen molar-refractivity contribution in [3.8, 4) is 0 Å². The highest BCUT2D eigenvalue weighted by molar-refractivity contribution is 5.53. The van der Waals surface area contributed by atoms with Gasteiger partial charge in [-0.2, -0.15) is 10.2 Å². The molecule has 0 amide bonds. The number of nitrogens with zero attached hydrogens (tertiary/aromatic N) is 4. The first-order valence-corrected chi connectivity index (χ1v) is 3.91. The standard InChI is InChI=1S/C4H10.2CH4N4/c1-3-4-2;2*2-4-1-5-3/h3-4H2,1-2H3;2*1-2H,3H2. The van der Waals surface area contributed by atoms with Crippen molar-refractivity contribution in [2.45, 2.75) is 26.7 Å². The molecule has 82 valence electrons. The lowest BCUT2D eigenvalue weighted by Gasteiger charge is -1.68. The number of unbranched alkanes of at least 4 members (excludes halogenated alkanes) is 1. The van der Waals surface area contributed by atoms with E-state index in [-0.39, 0.29) is 0 Å². The quantitative estimate of drug-likeness (QED) is 0.181. The molecule has 0 aromatic heterocycles. The molecule has 0 aliphatic carbocycles. The molecule has 0 unspecified atom stereocenters. The third-order valence-electron chi connectivity index (χ3n) is 0.749. The molecule has 0 heterocycles. The van der Waals surface area contributed by atoms with E-state index in [1.54, 1.807) is 0 Å². The molecule has 0 atom stereocenters. The van der Waals surface area contributed by atoms with E-state index in [0.717, 1.165) is 12.7 Å². The Morgan fingerprint density at radius 1 is 0.929 bits per heavy atom. The lowest BCUT2D eigenvalue weighted by Crippen LogP contribution is -1.75. The van der Waals surface area contributed by atoms with Crippen molar-refractivity contribution < 1.29 is 0 Å². The highest BCUT2D eigenvalue weighted by Crippen LogP contribution is 1.76. The topological polar surface area (TPSA) is 149 Å². The Morgan fingerprint density at radius 3 is 1.21 bits per heavy atom. The SMILES string of the molecule is CCCC.N=NC=NN.N=NC=NN. The predicted octanol–water partition coefficient (Wildman–Crippen LogP) is 1.65. The summed E-state index contributed by atoms with van der Waals surface area (Å²) in [6.45, 7) is 4.36. The highest BCUT2D eigenvalue weighted by Gasteiger charge is 1.56. The predicted molar refractivity (Wildman–Crippen MR) is 56.2 cm³/mol. The van der Waals surface area contributed by atoms with Gasteiger partial charge in [-0.3, -0.25) is 0 Å². The van der Waals surface area contributed by atoms with Crippen LogP contribution in [-0.2, 0) is 0 Å². The third-order valence-corrected chi connectivity index (χ3v) is 0.749. The van der Waals surface area contributed by atoms with Crippen molar-refractivity contribution in [3.05, 3.63) is 0 Å². The van der Waals surface area contributed by atoms with Crippen LogP contribution in [0.4, 0.5) is 0 Å². The summed E-state index contributed by atoms with van der Waals surface area (Å²) in [5.41, 5.74) is 12.0. The lowest BCUT2D eigenvalue weighted by molar-refractivity contribution is 0.886. The molecule has 14 heavy (non-hydrogen) atoms. The summed E-state index contributed by atoms with van der Waals surface area (Å²) in [5.74, 6) is 8.99. The van der Waals surface area contributed by atoms with Gasteiger partial charge in [0.2, 0.25) is 0 Å². The van der Waals surface area contributed by atoms with E-state index in [4.69, 9.17) is 11.1 Å². The van der Waals surface area contributed by atoms with Crippen molar-refractivity contribution in [2.24, 2.45) is 32.1 Å². The zero-order chi connectivity index (χ0) is 11.7. The molecule has 0 aliphatic heterocycles. The lowest BCUT2D eigenvalue weighted by atomic mass is 10.4. The van der Waals surface area contributed by atoms with Crippen molar-refractivity contribution in [1.29, 1.82) is 11.1 Å². The maximum Gasteiger partial charge on any atom is 0.156 e. The van der Waals surface area contributed by atoms with Gasteiger partial charge in [-0.25, -0.2) is 11.1 Å². The molecule has 0 aliphatic rings. The molecule has 0 spiro atoms. The van der Waals surface area contributed by atoms with Gasteiger partial charge in [-0.1, -0.05) is 26.7 Å². The van der Waals surface area contributed by atoms with Crippen LogP contribution in [0.15, 0.2) is 20.4 Å². The van der Waals surface area contributed by atoms with Gasteiger partial charge in [0, 0.05) is 0 Å². The van der Waals surface area contributed by atoms with Crippen molar-refractivity contribution >= 4 is 12.7 Å². The van der Waals surface area contributed by atoms with Gasteiger partial charge >= 0.3 is 0 Å². The van der Waals surface area contributed by atoms with Crippen LogP contribution in [0.25, 0.3) is 0 Å². The first kappa shape index (κ1) is 18.0. The Labute approximate surface area is 83.5 Å². The summed E-state index contributed by atoms with van der Waals surface area (Å²) < 4.78 is 0. The van der Waals surface area contributed by atoms with E-state index in [0.29, 0.717) is 0 Å². The van der Waals surface area contributed by atoms with Gasteiger partial charge in [0.25, 0.3) is 0 Å². The average Bonchev–Trinajstić information content (AvgIpc) is 2.22. The molecule has 0 aromatic rings. The van der Waals surface area contributed by atoms with Gasteiger partial charge in [0.05, 0.1) is 0 Å². The van der Waals surface area contributed by atoms with Crippen LogP contribution in [-0.4, -0.2) is 12.7 Å². The van der Waals surface area contributed by atoms with Gasteiger partial charge in [-0.05, 0) is 0 Å². The van der Waals surface area contributed by atoms with Crippen molar-refractivity contribution in [3.63, 3.8) is 0 Å². The van der Waals surface area contributed by atoms with E-state index in [1.165, 1.54) is 12.8 Å². The van der Waals surface area contributed by atoms with Crippen LogP contribution in [0.2, 0.25) is 0 Å². The Kier molecular flexibility index (Phi) is 39.1. The van der Waals surface area contributed by atoms with E-state index in [9.17, 15) is 0 Å². The molecule has 0 saturated heterocycles. The monoisotopic (exact) mass is 202 g/mol. The third kappa shape index (κ3) is 85.9. The molecule has 8 nitrogen and oxygen atoms in total. The molecular weight excluding hydrogens is 184 g/mol. The fraction of sp³-hybridized carbons (Fsp3) is 0.667. The minimum absolute atomic E-state index is 0.944. The number of hydrogen-bond donors (Lipinski definition) is 4. The summed E-state index contributed by atoms with van der Waals surface area (Å²) >= 11 is 0. The zero-order valence-electron chi connectivity index (χ0n) is 8.51. The van der Waals surface area contributed by atoms with Gasteiger partial charge in [-0.15, -0.1) is 10.2 Å². The largest absolute Gasteiger partial charge is 0.322 e. The number of hydrazone groups is 2. The normalized spacial score (nSPS) is 8.43. The van der Waals surface area contributed by atoms with E-state index >= 15 is 0 Å². The van der Waals surface area contributed by atoms with E-state index in [1.807, 2.05) is 0 Å². The first-order valence-electron chi connectivity index (χ1n) is 3.91. The fourth-order valence-electron chi connectivity index (χ4n) is 0.0667. The summed E-state index contributed by atoms with van der Waals surface area (Å²) in [6, 6.07) is 0. The average molecular weight is 202 g/mol. The molecule has 0 bridgehead atoms. The summed E-state index contributed by atoms with van der Waals surface area (Å²) in [7, 11) is 0. The van der Waals surface area contributed by atoms with Gasteiger partial charge in [0.1, 0.15) is 0 Å². The van der Waals surface area contributed by atoms with Crippen LogP contribution in [0.5, 0.6) is 0 Å². The Balaban J connectivity index is -0.000000131. The number of nitrogens with two attached hydrogens (primary N) is 2. The highest BCUT2D eigenvalue weighted by atomic mass is 15.2. The van der Waals surface area contributed by atoms with Gasteiger partial charge in [0.15, 0.2) is 12.7 Å². The molecule has 0 fully saturated rings. The molecule has 0 aromatic carbocycles. The minimum atomic E-state index is 0.944. The van der Waals surface area contributed by atoms with Crippen LogP contribution < -0.4 is 11.7 Å². The number of hydrogen-bond acceptors (Lipinski definition) is 6. The molecule has 6 N–H and O–H groups in total. The van der Waals surface area contributed by atoms with E-state index < -0.39 is 0 Å². The van der Waals surface area contributed by atoms with Crippen molar-refractivity contribution in [1.82, 2.24) is 0 Å². The molecule has 0 radical (unpaired) electrons. The van der Waals surface area contributed by atoms with Gasteiger partial charge < -0.3 is 11.7 Å². The second-order valence-electron chi connectivity index (χ2n) is 1.79. The Morgan fingerprint density at radius 2 is 1.21 bits per heavy atom. The Bertz CT molecular complexity index is 134. The molecule has 8 heteroatoms. The molecule has 0 rings (SSSR count). The smallest absolute Gasteiger partial charge is 0.156 e. The maximum atomic E-state index is 6.00. The summed E-state index contributed by atoms with van der Waals surface area (Å²) in [4.78, 5) is 0. The minimum Gasteiger partial charge on any atom is -0.322 e. The second kappa shape index (κ2) is 30.4. The summed E-state index contributed by atoms with van der Waals surface area (Å²) in [6.07, 6.45) is 4.53. The van der Waals surface area contributed by atoms with Crippen LogP contribution in [0.1, 0.15) is 26.7 Å². The first-order chi connectivity index (χ1) is 6.74. The number of rotatable bonds is 3. The molecule has 0 saturated carbocycles. The fourth-order valence-corrected chi connectivity index (χ4v) is 0.0667. The maximum absolute atomic E-state index is 6.00. The summed E-state index contributed by atoms with van der Waals surface area (Å²) in [5, 5.41) is 11.1. The Hall–Kier alpha value is -1.86. The second-order valence-corrected chi connectivity index (χ2v) is 1.79. The molecular formula is C6H18N8.